The third kappa shape index (κ3) is 4.84. The van der Waals surface area contributed by atoms with Gasteiger partial charge >= 0.3 is 0 Å². The second-order valence-corrected chi connectivity index (χ2v) is 4.90. The van der Waals surface area contributed by atoms with E-state index in [1.165, 1.54) is 5.56 Å². The van der Waals surface area contributed by atoms with E-state index in [1.54, 1.807) is 0 Å². The fourth-order valence-corrected chi connectivity index (χ4v) is 1.50. The number of benzene rings is 1. The van der Waals surface area contributed by atoms with Gasteiger partial charge in [0.2, 0.25) is 0 Å². The number of nitrogens with one attached hydrogen (secondary N) is 2. The molecule has 1 aromatic rings. The molecule has 1 atom stereocenters. The Morgan fingerprint density at radius 3 is 2.50 bits per heavy atom. The first kappa shape index (κ1) is 14.6. The molecule has 0 unspecified atom stereocenters. The molecule has 1 aromatic carbocycles. The lowest BCUT2D eigenvalue weighted by Gasteiger charge is -2.10. The van der Waals surface area contributed by atoms with Crippen LogP contribution in [0.15, 0.2) is 29.4 Å². The molecule has 0 saturated heterocycles. The van der Waals surface area contributed by atoms with Gasteiger partial charge in [-0.1, -0.05) is 31.5 Å². The van der Waals surface area contributed by atoms with E-state index in [-0.39, 0.29) is 0 Å². The molecule has 0 aliphatic heterocycles. The van der Waals surface area contributed by atoms with E-state index in [0.29, 0.717) is 11.0 Å². The Bertz CT molecular complexity index is 423. The summed E-state index contributed by atoms with van der Waals surface area (Å²) in [7, 11) is 0. The lowest BCUT2D eigenvalue weighted by molar-refractivity contribution is 0.727. The molecule has 0 bridgehead atoms. The van der Waals surface area contributed by atoms with Crippen LogP contribution in [0.3, 0.4) is 0 Å². The molecule has 0 aliphatic carbocycles. The first-order chi connectivity index (χ1) is 8.52. The number of nitrogens with zero attached hydrogens (tertiary/aromatic N) is 1. The van der Waals surface area contributed by atoms with E-state index in [0.717, 1.165) is 17.8 Å². The van der Waals surface area contributed by atoms with Gasteiger partial charge < -0.3 is 5.32 Å². The highest BCUT2D eigenvalue weighted by Crippen LogP contribution is 2.08. The maximum atomic E-state index is 5.18. The molecule has 0 radical (unpaired) electrons. The van der Waals surface area contributed by atoms with Gasteiger partial charge in [-0.05, 0) is 50.5 Å². The van der Waals surface area contributed by atoms with E-state index in [4.69, 9.17) is 12.2 Å². The zero-order valence-electron chi connectivity index (χ0n) is 11.4. The number of rotatable bonds is 4. The van der Waals surface area contributed by atoms with Gasteiger partial charge in [0.25, 0.3) is 0 Å². The van der Waals surface area contributed by atoms with Crippen molar-refractivity contribution in [3.8, 4) is 0 Å². The third-order valence-electron chi connectivity index (χ3n) is 2.97. The molecule has 0 aromatic heterocycles. The van der Waals surface area contributed by atoms with Crippen LogP contribution in [-0.2, 0) is 0 Å². The first-order valence-corrected chi connectivity index (χ1v) is 6.61. The van der Waals surface area contributed by atoms with Crippen molar-refractivity contribution in [2.45, 2.75) is 34.1 Å². The Morgan fingerprint density at radius 2 is 1.94 bits per heavy atom. The third-order valence-corrected chi connectivity index (χ3v) is 3.16. The summed E-state index contributed by atoms with van der Waals surface area (Å²) in [6, 6.07) is 8.07. The summed E-state index contributed by atoms with van der Waals surface area (Å²) < 4.78 is 0. The average molecular weight is 263 g/mol. The van der Waals surface area contributed by atoms with Crippen molar-refractivity contribution in [2.75, 3.05) is 5.32 Å². The fraction of sp³-hybridized carbons (Fsp3) is 0.429. The number of hydrazone groups is 1. The second-order valence-electron chi connectivity index (χ2n) is 4.49. The predicted octanol–water partition coefficient (Wildman–Crippen LogP) is 3.70. The van der Waals surface area contributed by atoms with Crippen LogP contribution in [0.4, 0.5) is 5.69 Å². The van der Waals surface area contributed by atoms with Crippen LogP contribution in [-0.4, -0.2) is 10.8 Å². The van der Waals surface area contributed by atoms with Gasteiger partial charge in [0.05, 0.1) is 0 Å². The van der Waals surface area contributed by atoms with Gasteiger partial charge in [0, 0.05) is 11.4 Å². The Morgan fingerprint density at radius 1 is 1.33 bits per heavy atom. The van der Waals surface area contributed by atoms with Crippen LogP contribution in [0.2, 0.25) is 0 Å². The van der Waals surface area contributed by atoms with Crippen LogP contribution in [0.25, 0.3) is 0 Å². The Hall–Kier alpha value is -1.42. The predicted molar refractivity (Wildman–Crippen MR) is 83.1 cm³/mol. The SMILES string of the molecule is CC[C@@H](C)/C(C)=N\NC(=S)Nc1ccc(C)cc1. The van der Waals surface area contributed by atoms with Gasteiger partial charge in [-0.2, -0.15) is 5.10 Å². The van der Waals surface area contributed by atoms with Crippen molar-refractivity contribution >= 4 is 28.7 Å². The average Bonchev–Trinajstić information content (AvgIpc) is 2.37. The van der Waals surface area contributed by atoms with Crippen molar-refractivity contribution < 1.29 is 0 Å². The number of aryl methyl sites for hydroxylation is 1. The Labute approximate surface area is 115 Å². The normalized spacial score (nSPS) is 13.0. The van der Waals surface area contributed by atoms with E-state index in [2.05, 4.69) is 36.6 Å². The molecule has 3 nitrogen and oxygen atoms in total. The summed E-state index contributed by atoms with van der Waals surface area (Å²) in [5.74, 6) is 0.472. The molecule has 18 heavy (non-hydrogen) atoms. The van der Waals surface area contributed by atoms with Crippen LogP contribution >= 0.6 is 12.2 Å². The summed E-state index contributed by atoms with van der Waals surface area (Å²) in [5.41, 5.74) is 6.12. The topological polar surface area (TPSA) is 36.4 Å². The van der Waals surface area contributed by atoms with E-state index in [1.807, 2.05) is 31.2 Å². The standard InChI is InChI=1S/C14H21N3S/c1-5-11(3)12(4)16-17-14(18)15-13-8-6-10(2)7-9-13/h6-9,11H,5H2,1-4H3,(H2,15,17,18)/b16-12-/t11-/m1/s1. The number of hydrogen-bond donors (Lipinski definition) is 2. The van der Waals surface area contributed by atoms with Crippen molar-refractivity contribution in [3.63, 3.8) is 0 Å². The lowest BCUT2D eigenvalue weighted by atomic mass is 10.1. The van der Waals surface area contributed by atoms with Gasteiger partial charge in [-0.25, -0.2) is 0 Å². The molecule has 0 fully saturated rings. The number of anilines is 1. The van der Waals surface area contributed by atoms with Gasteiger partial charge in [0.1, 0.15) is 0 Å². The van der Waals surface area contributed by atoms with Crippen molar-refractivity contribution in [1.82, 2.24) is 5.43 Å². The smallest absolute Gasteiger partial charge is 0.191 e. The highest BCUT2D eigenvalue weighted by atomic mass is 32.1. The second kappa shape index (κ2) is 7.11. The summed E-state index contributed by atoms with van der Waals surface area (Å²) in [6.07, 6.45) is 1.08. The minimum Gasteiger partial charge on any atom is -0.331 e. The van der Waals surface area contributed by atoms with Crippen molar-refractivity contribution in [3.05, 3.63) is 29.8 Å². The first-order valence-electron chi connectivity index (χ1n) is 6.20. The Balaban J connectivity index is 2.49. The highest BCUT2D eigenvalue weighted by molar-refractivity contribution is 7.80. The summed E-state index contributed by atoms with van der Waals surface area (Å²) >= 11 is 5.18. The maximum absolute atomic E-state index is 5.18. The minimum absolute atomic E-state index is 0.472. The molecule has 98 valence electrons. The molecule has 0 spiro atoms. The van der Waals surface area contributed by atoms with Crippen LogP contribution in [0.1, 0.15) is 32.8 Å². The van der Waals surface area contributed by atoms with Crippen LogP contribution in [0.5, 0.6) is 0 Å². The molecular formula is C14H21N3S. The van der Waals surface area contributed by atoms with E-state index >= 15 is 0 Å². The Kier molecular flexibility index (Phi) is 5.78. The van der Waals surface area contributed by atoms with Gasteiger partial charge in [-0.3, -0.25) is 5.43 Å². The zero-order chi connectivity index (χ0) is 13.5. The van der Waals surface area contributed by atoms with E-state index in [9.17, 15) is 0 Å². The summed E-state index contributed by atoms with van der Waals surface area (Å²) in [5, 5.41) is 7.88. The summed E-state index contributed by atoms with van der Waals surface area (Å²) in [4.78, 5) is 0. The van der Waals surface area contributed by atoms with Crippen molar-refractivity contribution in [2.24, 2.45) is 11.0 Å². The quantitative estimate of drug-likeness (QED) is 0.494. The number of thiocarbonyl (C=S) groups is 1. The molecule has 0 saturated carbocycles. The van der Waals surface area contributed by atoms with Crippen LogP contribution < -0.4 is 10.7 Å². The van der Waals surface area contributed by atoms with Gasteiger partial charge in [-0.15, -0.1) is 0 Å². The lowest BCUT2D eigenvalue weighted by Crippen LogP contribution is -2.25. The number of hydrogen-bond acceptors (Lipinski definition) is 2. The van der Waals surface area contributed by atoms with Gasteiger partial charge in [0.15, 0.2) is 5.11 Å². The van der Waals surface area contributed by atoms with Crippen molar-refractivity contribution in [1.29, 1.82) is 0 Å². The summed E-state index contributed by atoms with van der Waals surface area (Å²) in [6.45, 7) is 8.36. The minimum atomic E-state index is 0.472. The molecule has 1 rings (SSSR count). The monoisotopic (exact) mass is 263 g/mol. The fourth-order valence-electron chi connectivity index (χ4n) is 1.34. The molecule has 4 heteroatoms. The molecule has 0 amide bonds. The highest BCUT2D eigenvalue weighted by Gasteiger charge is 2.02. The molecule has 0 heterocycles. The molecule has 0 aliphatic rings. The maximum Gasteiger partial charge on any atom is 0.191 e. The molecule has 2 N–H and O–H groups in total. The zero-order valence-corrected chi connectivity index (χ0v) is 12.3. The van der Waals surface area contributed by atoms with E-state index < -0.39 is 0 Å². The van der Waals surface area contributed by atoms with Crippen LogP contribution in [0, 0.1) is 12.8 Å². The largest absolute Gasteiger partial charge is 0.331 e. The molecular weight excluding hydrogens is 242 g/mol.